The lowest BCUT2D eigenvalue weighted by Crippen LogP contribution is -2.24. The van der Waals surface area contributed by atoms with Gasteiger partial charge in [-0.05, 0) is 61.7 Å². The van der Waals surface area contributed by atoms with E-state index in [9.17, 15) is 4.79 Å². The first-order valence-electron chi connectivity index (χ1n) is 7.78. The molecular weight excluding hydrogens is 354 g/mol. The van der Waals surface area contributed by atoms with Crippen molar-refractivity contribution >= 4 is 27.5 Å². The van der Waals surface area contributed by atoms with Crippen molar-refractivity contribution in [2.75, 3.05) is 11.9 Å². The molecule has 0 radical (unpaired) electrons. The normalized spacial score (nSPS) is 16.8. The van der Waals surface area contributed by atoms with Crippen LogP contribution in [-0.2, 0) is 11.2 Å². The fraction of sp³-hybridized carbons (Fsp3) is 0.316. The van der Waals surface area contributed by atoms with E-state index < -0.39 is 0 Å². The molecule has 0 aliphatic carbocycles. The van der Waals surface area contributed by atoms with Gasteiger partial charge in [-0.3, -0.25) is 4.79 Å². The number of anilines is 1. The number of hydrogen-bond acceptors (Lipinski definition) is 2. The molecule has 0 saturated carbocycles. The second-order valence-electron chi connectivity index (χ2n) is 6.17. The highest BCUT2D eigenvalue weighted by molar-refractivity contribution is 9.10. The quantitative estimate of drug-likeness (QED) is 0.787. The minimum Gasteiger partial charge on any atom is -0.491 e. The van der Waals surface area contributed by atoms with Gasteiger partial charge in [-0.25, -0.2) is 0 Å². The van der Waals surface area contributed by atoms with Crippen LogP contribution in [0.5, 0.6) is 5.75 Å². The molecule has 1 atom stereocenters. The van der Waals surface area contributed by atoms with E-state index in [4.69, 9.17) is 4.74 Å². The van der Waals surface area contributed by atoms with Crippen LogP contribution >= 0.6 is 15.9 Å². The first-order chi connectivity index (χ1) is 11.0. The molecule has 0 saturated heterocycles. The van der Waals surface area contributed by atoms with Crippen molar-refractivity contribution in [1.82, 2.24) is 0 Å². The van der Waals surface area contributed by atoms with E-state index in [1.165, 1.54) is 0 Å². The van der Waals surface area contributed by atoms with Crippen LogP contribution in [0, 0.1) is 0 Å². The van der Waals surface area contributed by atoms with Crippen LogP contribution in [0.1, 0.15) is 30.9 Å². The third-order valence-electron chi connectivity index (χ3n) is 4.09. The standard InChI is InChI=1S/C19H20BrNO2/c1-12(2)23-15-7-4-13(5-8-15)10-17-16-11-14(20)6-9-18(16)21(3)19(17)22/h4-9,11-12,17H,10H2,1-3H3/t17-/m1/s1. The number of carbonyl (C=O) groups excluding carboxylic acids is 1. The van der Waals surface area contributed by atoms with Crippen LogP contribution in [0.4, 0.5) is 5.69 Å². The predicted molar refractivity (Wildman–Crippen MR) is 96.2 cm³/mol. The molecule has 23 heavy (non-hydrogen) atoms. The summed E-state index contributed by atoms with van der Waals surface area (Å²) in [5.41, 5.74) is 3.23. The zero-order valence-electron chi connectivity index (χ0n) is 13.5. The van der Waals surface area contributed by atoms with Gasteiger partial charge in [-0.15, -0.1) is 0 Å². The number of carbonyl (C=O) groups is 1. The van der Waals surface area contributed by atoms with Crippen molar-refractivity contribution in [3.8, 4) is 5.75 Å². The lowest BCUT2D eigenvalue weighted by molar-refractivity contribution is -0.119. The highest BCUT2D eigenvalue weighted by atomic mass is 79.9. The Balaban J connectivity index is 1.83. The SMILES string of the molecule is CC(C)Oc1ccc(C[C@H]2C(=O)N(C)c3ccc(Br)cc32)cc1. The molecule has 0 unspecified atom stereocenters. The molecule has 0 spiro atoms. The molecule has 3 rings (SSSR count). The van der Waals surface area contributed by atoms with Crippen LogP contribution in [-0.4, -0.2) is 19.1 Å². The lowest BCUT2D eigenvalue weighted by atomic mass is 9.93. The number of nitrogens with zero attached hydrogens (tertiary/aromatic N) is 1. The average molecular weight is 374 g/mol. The maximum absolute atomic E-state index is 12.6. The fourth-order valence-electron chi connectivity index (χ4n) is 3.00. The lowest BCUT2D eigenvalue weighted by Gasteiger charge is -2.13. The second kappa shape index (κ2) is 6.36. The van der Waals surface area contributed by atoms with Gasteiger partial charge in [0, 0.05) is 17.2 Å². The minimum absolute atomic E-state index is 0.121. The number of hydrogen-bond donors (Lipinski definition) is 0. The van der Waals surface area contributed by atoms with E-state index in [-0.39, 0.29) is 17.9 Å². The van der Waals surface area contributed by atoms with Crippen LogP contribution in [0.3, 0.4) is 0 Å². The average Bonchev–Trinajstić information content (AvgIpc) is 2.73. The van der Waals surface area contributed by atoms with Crippen LogP contribution in [0.2, 0.25) is 0 Å². The summed E-state index contributed by atoms with van der Waals surface area (Å²) >= 11 is 3.50. The second-order valence-corrected chi connectivity index (χ2v) is 7.08. The first-order valence-corrected chi connectivity index (χ1v) is 8.57. The topological polar surface area (TPSA) is 29.5 Å². The molecule has 2 aromatic rings. The Kier molecular flexibility index (Phi) is 4.44. The summed E-state index contributed by atoms with van der Waals surface area (Å²) in [6.07, 6.45) is 0.865. The van der Waals surface area contributed by atoms with Gasteiger partial charge < -0.3 is 9.64 Å². The van der Waals surface area contributed by atoms with Gasteiger partial charge >= 0.3 is 0 Å². The molecule has 1 aliphatic heterocycles. The highest BCUT2D eigenvalue weighted by Gasteiger charge is 2.35. The van der Waals surface area contributed by atoms with Gasteiger partial charge in [0.05, 0.1) is 12.0 Å². The van der Waals surface area contributed by atoms with E-state index in [2.05, 4.69) is 22.0 Å². The van der Waals surface area contributed by atoms with Crippen LogP contribution < -0.4 is 9.64 Å². The van der Waals surface area contributed by atoms with Crippen molar-refractivity contribution in [2.45, 2.75) is 32.3 Å². The Morgan fingerprint density at radius 3 is 2.52 bits per heavy atom. The van der Waals surface area contributed by atoms with E-state index in [0.717, 1.165) is 27.0 Å². The Bertz CT molecular complexity index is 725. The third kappa shape index (κ3) is 3.27. The summed E-state index contributed by atoms with van der Waals surface area (Å²) in [5.74, 6) is 0.895. The number of amides is 1. The maximum atomic E-state index is 12.6. The summed E-state index contributed by atoms with van der Waals surface area (Å²) in [5, 5.41) is 0. The number of benzene rings is 2. The van der Waals surface area contributed by atoms with Crippen molar-refractivity contribution < 1.29 is 9.53 Å². The van der Waals surface area contributed by atoms with E-state index in [1.54, 1.807) is 4.90 Å². The first kappa shape index (κ1) is 16.1. The Morgan fingerprint density at radius 2 is 1.87 bits per heavy atom. The number of ether oxygens (including phenoxy) is 1. The molecule has 0 aromatic heterocycles. The molecule has 1 amide bonds. The molecule has 1 aliphatic rings. The van der Waals surface area contributed by atoms with Crippen molar-refractivity contribution in [3.63, 3.8) is 0 Å². The number of likely N-dealkylation sites (N-methyl/N-ethyl adjacent to an activating group) is 1. The van der Waals surface area contributed by atoms with Gasteiger partial charge in [-0.2, -0.15) is 0 Å². The third-order valence-corrected chi connectivity index (χ3v) is 4.58. The molecule has 0 N–H and O–H groups in total. The largest absolute Gasteiger partial charge is 0.491 e. The zero-order chi connectivity index (χ0) is 16.6. The Labute approximate surface area is 145 Å². The molecule has 3 nitrogen and oxygen atoms in total. The van der Waals surface area contributed by atoms with Crippen molar-refractivity contribution in [1.29, 1.82) is 0 Å². The van der Waals surface area contributed by atoms with Gasteiger partial charge in [-0.1, -0.05) is 28.1 Å². The molecule has 0 fully saturated rings. The summed E-state index contributed by atoms with van der Waals surface area (Å²) in [6.45, 7) is 4.02. The van der Waals surface area contributed by atoms with Crippen molar-refractivity contribution in [3.05, 3.63) is 58.1 Å². The molecule has 120 valence electrons. The van der Waals surface area contributed by atoms with Crippen molar-refractivity contribution in [2.24, 2.45) is 0 Å². The summed E-state index contributed by atoms with van der Waals surface area (Å²) in [4.78, 5) is 14.3. The highest BCUT2D eigenvalue weighted by Crippen LogP contribution is 2.39. The van der Waals surface area contributed by atoms with E-state index in [0.29, 0.717) is 6.42 Å². The molecule has 1 heterocycles. The number of fused-ring (bicyclic) bond motifs is 1. The summed E-state index contributed by atoms with van der Waals surface area (Å²) in [7, 11) is 1.84. The zero-order valence-corrected chi connectivity index (χ0v) is 15.1. The van der Waals surface area contributed by atoms with E-state index in [1.807, 2.05) is 57.3 Å². The molecular formula is C19H20BrNO2. The smallest absolute Gasteiger partial charge is 0.234 e. The van der Waals surface area contributed by atoms with Crippen LogP contribution in [0.15, 0.2) is 46.9 Å². The van der Waals surface area contributed by atoms with Gasteiger partial charge in [0.1, 0.15) is 5.75 Å². The number of rotatable bonds is 4. The van der Waals surface area contributed by atoms with Gasteiger partial charge in [0.25, 0.3) is 0 Å². The Morgan fingerprint density at radius 1 is 1.17 bits per heavy atom. The monoisotopic (exact) mass is 373 g/mol. The molecule has 4 heteroatoms. The molecule has 2 aromatic carbocycles. The maximum Gasteiger partial charge on any atom is 0.234 e. The predicted octanol–water partition coefficient (Wildman–Crippen LogP) is 4.54. The molecule has 0 bridgehead atoms. The van der Waals surface area contributed by atoms with Gasteiger partial charge in [0.2, 0.25) is 5.91 Å². The fourth-order valence-corrected chi connectivity index (χ4v) is 3.38. The van der Waals surface area contributed by atoms with Gasteiger partial charge in [0.15, 0.2) is 0 Å². The minimum atomic E-state index is -0.121. The van der Waals surface area contributed by atoms with E-state index >= 15 is 0 Å². The number of halogens is 1. The Hall–Kier alpha value is -1.81. The summed E-state index contributed by atoms with van der Waals surface area (Å²) < 4.78 is 6.67. The summed E-state index contributed by atoms with van der Waals surface area (Å²) in [6, 6.07) is 14.1. The van der Waals surface area contributed by atoms with Crippen LogP contribution in [0.25, 0.3) is 0 Å².